The zero-order chi connectivity index (χ0) is 24.1. The highest BCUT2D eigenvalue weighted by atomic mass is 32.2. The standard InChI is InChI=1S/C24H21N5O4S/c1-14(15-7-8-19-20(10-15)33-13-32-19)27-21(30)12-34-24-16(11-25)9-18(22(26)29-24)23(31)28-17-5-3-2-4-6-17/h2-10,14H,12-13H2,1H3,(H2,26,29)(H,27,30)(H,28,31). The number of carbonyl (C=O) groups excluding carboxylic acids is 2. The van der Waals surface area contributed by atoms with Crippen LogP contribution < -0.4 is 25.8 Å². The van der Waals surface area contributed by atoms with Gasteiger partial charge in [-0.25, -0.2) is 4.98 Å². The Kier molecular flexibility index (Phi) is 6.85. The zero-order valence-corrected chi connectivity index (χ0v) is 19.0. The molecule has 34 heavy (non-hydrogen) atoms. The largest absolute Gasteiger partial charge is 0.454 e. The van der Waals surface area contributed by atoms with Crippen LogP contribution >= 0.6 is 11.8 Å². The molecule has 2 heterocycles. The molecule has 1 atom stereocenters. The number of nitrogens with zero attached hydrogens (tertiary/aromatic N) is 2. The van der Waals surface area contributed by atoms with Crippen LogP contribution in [0.5, 0.6) is 11.5 Å². The van der Waals surface area contributed by atoms with Gasteiger partial charge in [-0.1, -0.05) is 36.0 Å². The number of para-hydroxylation sites is 1. The Labute approximate surface area is 200 Å². The molecule has 9 nitrogen and oxygen atoms in total. The summed E-state index contributed by atoms with van der Waals surface area (Å²) < 4.78 is 10.7. The van der Waals surface area contributed by atoms with Crippen molar-refractivity contribution in [1.29, 1.82) is 5.26 Å². The lowest BCUT2D eigenvalue weighted by atomic mass is 10.1. The Morgan fingerprint density at radius 3 is 2.71 bits per heavy atom. The lowest BCUT2D eigenvalue weighted by Gasteiger charge is -2.15. The quantitative estimate of drug-likeness (QED) is 0.441. The van der Waals surface area contributed by atoms with E-state index in [2.05, 4.69) is 15.6 Å². The smallest absolute Gasteiger partial charge is 0.259 e. The summed E-state index contributed by atoms with van der Waals surface area (Å²) in [6.07, 6.45) is 0. The van der Waals surface area contributed by atoms with Gasteiger partial charge in [-0.2, -0.15) is 5.26 Å². The normalized spacial score (nSPS) is 12.5. The predicted molar refractivity (Wildman–Crippen MR) is 128 cm³/mol. The van der Waals surface area contributed by atoms with E-state index in [9.17, 15) is 14.9 Å². The highest BCUT2D eigenvalue weighted by molar-refractivity contribution is 8.00. The van der Waals surface area contributed by atoms with Crippen molar-refractivity contribution in [2.24, 2.45) is 0 Å². The van der Waals surface area contributed by atoms with Gasteiger partial charge in [0.25, 0.3) is 5.91 Å². The number of hydrogen-bond donors (Lipinski definition) is 3. The number of pyridine rings is 1. The molecule has 0 saturated carbocycles. The van der Waals surface area contributed by atoms with Crippen LogP contribution in [-0.2, 0) is 4.79 Å². The van der Waals surface area contributed by atoms with Gasteiger partial charge in [0.2, 0.25) is 12.7 Å². The molecule has 172 valence electrons. The fraction of sp³-hybridized carbons (Fsp3) is 0.167. The van der Waals surface area contributed by atoms with E-state index in [1.54, 1.807) is 30.3 Å². The van der Waals surface area contributed by atoms with Crippen LogP contribution in [0.1, 0.15) is 34.5 Å². The van der Waals surface area contributed by atoms with E-state index in [0.29, 0.717) is 17.2 Å². The molecular formula is C24H21N5O4S. The molecule has 10 heteroatoms. The van der Waals surface area contributed by atoms with Gasteiger partial charge < -0.3 is 25.8 Å². The number of amides is 2. The molecular weight excluding hydrogens is 454 g/mol. The van der Waals surface area contributed by atoms with Gasteiger partial charge in [-0.15, -0.1) is 0 Å². The molecule has 2 amide bonds. The van der Waals surface area contributed by atoms with Crippen molar-refractivity contribution in [3.63, 3.8) is 0 Å². The van der Waals surface area contributed by atoms with Crippen LogP contribution in [0.4, 0.5) is 11.5 Å². The van der Waals surface area contributed by atoms with E-state index in [-0.39, 0.29) is 46.5 Å². The Morgan fingerprint density at radius 1 is 1.18 bits per heavy atom. The van der Waals surface area contributed by atoms with E-state index >= 15 is 0 Å². The van der Waals surface area contributed by atoms with Crippen LogP contribution in [-0.4, -0.2) is 29.3 Å². The summed E-state index contributed by atoms with van der Waals surface area (Å²) >= 11 is 1.07. The Hall–Kier alpha value is -4.23. The molecule has 1 aromatic heterocycles. The molecule has 0 saturated heterocycles. The number of nitrogen functional groups attached to an aromatic ring is 1. The van der Waals surface area contributed by atoms with E-state index < -0.39 is 5.91 Å². The second-order valence-electron chi connectivity index (χ2n) is 7.40. The minimum Gasteiger partial charge on any atom is -0.454 e. The molecule has 0 radical (unpaired) electrons. The Morgan fingerprint density at radius 2 is 1.94 bits per heavy atom. The maximum absolute atomic E-state index is 12.6. The first-order valence-corrected chi connectivity index (χ1v) is 11.3. The van der Waals surface area contributed by atoms with Crippen molar-refractivity contribution >= 4 is 35.1 Å². The average Bonchev–Trinajstić information content (AvgIpc) is 3.31. The van der Waals surface area contributed by atoms with E-state index in [1.165, 1.54) is 6.07 Å². The second kappa shape index (κ2) is 10.1. The van der Waals surface area contributed by atoms with E-state index in [0.717, 1.165) is 17.3 Å². The Balaban J connectivity index is 1.39. The zero-order valence-electron chi connectivity index (χ0n) is 18.2. The fourth-order valence-electron chi connectivity index (χ4n) is 3.28. The lowest BCUT2D eigenvalue weighted by Crippen LogP contribution is -2.28. The van der Waals surface area contributed by atoms with E-state index in [1.807, 2.05) is 31.2 Å². The summed E-state index contributed by atoms with van der Waals surface area (Å²) in [7, 11) is 0. The van der Waals surface area contributed by atoms with Gasteiger partial charge in [-0.3, -0.25) is 9.59 Å². The summed E-state index contributed by atoms with van der Waals surface area (Å²) in [5.74, 6) is 0.592. The first-order chi connectivity index (χ1) is 16.4. The van der Waals surface area contributed by atoms with Crippen LogP contribution in [0.3, 0.4) is 0 Å². The van der Waals surface area contributed by atoms with Crippen molar-refractivity contribution in [1.82, 2.24) is 10.3 Å². The molecule has 0 fully saturated rings. The van der Waals surface area contributed by atoms with Crippen LogP contribution in [0.25, 0.3) is 0 Å². The molecule has 0 spiro atoms. The number of anilines is 2. The van der Waals surface area contributed by atoms with Crippen molar-refractivity contribution in [2.75, 3.05) is 23.6 Å². The molecule has 2 aromatic carbocycles. The summed E-state index contributed by atoms with van der Waals surface area (Å²) in [5.41, 5.74) is 7.71. The van der Waals surface area contributed by atoms with Crippen molar-refractivity contribution in [3.8, 4) is 17.6 Å². The summed E-state index contributed by atoms with van der Waals surface area (Å²) in [5, 5.41) is 15.4. The fourth-order valence-corrected chi connectivity index (χ4v) is 4.06. The number of benzene rings is 2. The molecule has 0 bridgehead atoms. The first-order valence-electron chi connectivity index (χ1n) is 10.3. The van der Waals surface area contributed by atoms with Crippen LogP contribution in [0, 0.1) is 11.3 Å². The summed E-state index contributed by atoms with van der Waals surface area (Å²) in [6, 6.07) is 17.5. The number of fused-ring (bicyclic) bond motifs is 1. The monoisotopic (exact) mass is 475 g/mol. The SMILES string of the molecule is CC(NC(=O)CSc1nc(N)c(C(=O)Nc2ccccc2)cc1C#N)c1ccc2c(c1)OCO2. The number of nitrogens with two attached hydrogens (primary N) is 1. The second-order valence-corrected chi connectivity index (χ2v) is 8.36. The number of aromatic nitrogens is 1. The minimum absolute atomic E-state index is 0.0194. The number of thioether (sulfide) groups is 1. The van der Waals surface area contributed by atoms with Gasteiger partial charge in [0.1, 0.15) is 16.9 Å². The maximum atomic E-state index is 12.6. The predicted octanol–water partition coefficient (Wildman–Crippen LogP) is 3.49. The number of rotatable bonds is 7. The van der Waals surface area contributed by atoms with Crippen LogP contribution in [0.15, 0.2) is 59.6 Å². The van der Waals surface area contributed by atoms with Gasteiger partial charge >= 0.3 is 0 Å². The highest BCUT2D eigenvalue weighted by Crippen LogP contribution is 2.34. The molecule has 1 aliphatic heterocycles. The third kappa shape index (κ3) is 5.22. The molecule has 4 N–H and O–H groups in total. The van der Waals surface area contributed by atoms with Gasteiger partial charge in [0.05, 0.1) is 22.9 Å². The highest BCUT2D eigenvalue weighted by Gasteiger charge is 2.19. The van der Waals surface area contributed by atoms with Gasteiger partial charge in [-0.05, 0) is 42.8 Å². The van der Waals surface area contributed by atoms with Gasteiger partial charge in [0, 0.05) is 5.69 Å². The Bertz CT molecular complexity index is 1280. The number of nitrogens with one attached hydrogen (secondary N) is 2. The molecule has 0 aliphatic carbocycles. The number of hydrogen-bond acceptors (Lipinski definition) is 8. The molecule has 3 aromatic rings. The van der Waals surface area contributed by atoms with Crippen molar-refractivity contribution in [2.45, 2.75) is 18.0 Å². The van der Waals surface area contributed by atoms with Crippen molar-refractivity contribution in [3.05, 3.63) is 71.3 Å². The molecule has 1 aliphatic rings. The van der Waals surface area contributed by atoms with Crippen molar-refractivity contribution < 1.29 is 19.1 Å². The first kappa shape index (κ1) is 22.9. The molecule has 1 unspecified atom stereocenters. The van der Waals surface area contributed by atoms with E-state index in [4.69, 9.17) is 15.2 Å². The average molecular weight is 476 g/mol. The topological polar surface area (TPSA) is 139 Å². The number of ether oxygens (including phenoxy) is 2. The lowest BCUT2D eigenvalue weighted by molar-refractivity contribution is -0.119. The molecule has 4 rings (SSSR count). The number of carbonyl (C=O) groups is 2. The minimum atomic E-state index is -0.473. The number of nitriles is 1. The summed E-state index contributed by atoms with van der Waals surface area (Å²) in [4.78, 5) is 29.3. The third-order valence-electron chi connectivity index (χ3n) is 5.03. The summed E-state index contributed by atoms with van der Waals surface area (Å²) in [6.45, 7) is 2.04. The van der Waals surface area contributed by atoms with Gasteiger partial charge in [0.15, 0.2) is 11.5 Å². The third-order valence-corrected chi connectivity index (χ3v) is 6.02. The van der Waals surface area contributed by atoms with Crippen LogP contribution in [0.2, 0.25) is 0 Å². The maximum Gasteiger partial charge on any atom is 0.259 e.